The van der Waals surface area contributed by atoms with Crippen LogP contribution in [0.4, 0.5) is 0 Å². The Morgan fingerprint density at radius 2 is 1.05 bits per heavy atom. The molecule has 1 aromatic heterocycles. The van der Waals surface area contributed by atoms with E-state index in [1.807, 2.05) is 105 Å². The number of ether oxygens (including phenoxy) is 1. The van der Waals surface area contributed by atoms with E-state index in [1.54, 1.807) is 105 Å². The molecular formula is C55H115N9O13S4. The summed E-state index contributed by atoms with van der Waals surface area (Å²) in [5, 5.41) is 7.55. The number of carbonyl (C=O) groups excluding carboxylic acids is 3. The largest absolute Gasteiger partial charge is 0.395 e. The Morgan fingerprint density at radius 1 is 0.617 bits per heavy atom. The molecule has 2 saturated heterocycles. The van der Waals surface area contributed by atoms with Gasteiger partial charge in [0.15, 0.2) is 0 Å². The van der Waals surface area contributed by atoms with Crippen LogP contribution >= 0.6 is 0 Å². The number of carbonyl (C=O) groups is 3. The molecule has 1 aromatic rings. The molecule has 3 amide bonds. The highest BCUT2D eigenvalue weighted by Crippen LogP contribution is 2.20. The van der Waals surface area contributed by atoms with Crippen molar-refractivity contribution in [2.75, 3.05) is 128 Å². The Bertz CT molecular complexity index is 2370. The van der Waals surface area contributed by atoms with Gasteiger partial charge >= 0.3 is 0 Å². The smallest absolute Gasteiger partial charge is 0.228 e. The van der Waals surface area contributed by atoms with Gasteiger partial charge in [-0.05, 0) is 95.3 Å². The maximum Gasteiger partial charge on any atom is 0.228 e. The van der Waals surface area contributed by atoms with Crippen LogP contribution in [0.2, 0.25) is 0 Å². The zero-order valence-electron chi connectivity index (χ0n) is 55.2. The molecule has 3 heterocycles. The molecule has 0 unspecified atom stereocenters. The van der Waals surface area contributed by atoms with Gasteiger partial charge in [-0.3, -0.25) is 19.4 Å². The Kier molecular flexibility index (Phi) is 39.1. The lowest BCUT2D eigenvalue weighted by Crippen LogP contribution is -2.49. The second-order valence-electron chi connectivity index (χ2n) is 24.8. The molecular weight excluding hydrogens is 1120 g/mol. The molecule has 0 radical (unpaired) electrons. The number of aromatic nitrogens is 1. The summed E-state index contributed by atoms with van der Waals surface area (Å²) in [5.74, 6) is 0.635. The lowest BCUT2D eigenvalue weighted by Gasteiger charge is -2.32. The quantitative estimate of drug-likeness (QED) is 0.257. The van der Waals surface area contributed by atoms with Gasteiger partial charge in [-0.15, -0.1) is 0 Å². The van der Waals surface area contributed by atoms with Crippen molar-refractivity contribution in [1.82, 2.24) is 41.8 Å². The number of rotatable bonds is 13. The number of amides is 3. The van der Waals surface area contributed by atoms with E-state index in [4.69, 9.17) is 9.84 Å². The zero-order valence-corrected chi connectivity index (χ0v) is 58.5. The first-order valence-corrected chi connectivity index (χ1v) is 33.6. The number of piperazine rings is 1. The fourth-order valence-corrected chi connectivity index (χ4v) is 11.0. The maximum absolute atomic E-state index is 11.7. The van der Waals surface area contributed by atoms with Crippen molar-refractivity contribution in [3.05, 3.63) is 30.1 Å². The molecule has 0 spiro atoms. The fraction of sp³-hybridized carbons (Fsp3) is 0.855. The Labute approximate surface area is 494 Å². The fourth-order valence-electron chi connectivity index (χ4n) is 6.56. The van der Waals surface area contributed by atoms with Crippen molar-refractivity contribution >= 4 is 57.8 Å². The van der Waals surface area contributed by atoms with Crippen molar-refractivity contribution in [3.8, 4) is 0 Å². The van der Waals surface area contributed by atoms with Crippen molar-refractivity contribution in [3.63, 3.8) is 0 Å². The molecule has 0 aliphatic carbocycles. The minimum absolute atomic E-state index is 0.147. The third kappa shape index (κ3) is 32.8. The minimum Gasteiger partial charge on any atom is -0.395 e. The van der Waals surface area contributed by atoms with Crippen LogP contribution in [0.3, 0.4) is 0 Å². The Balaban J connectivity index is -0.000000430. The lowest BCUT2D eigenvalue weighted by atomic mass is 9.94. The topological polar surface area (TPSA) is 256 Å². The van der Waals surface area contributed by atoms with Gasteiger partial charge in [-0.2, -0.15) is 8.61 Å². The number of pyridine rings is 1. The summed E-state index contributed by atoms with van der Waals surface area (Å²) in [6.45, 7) is 44.2. The van der Waals surface area contributed by atoms with E-state index < -0.39 is 50.1 Å². The van der Waals surface area contributed by atoms with Crippen molar-refractivity contribution in [2.24, 2.45) is 16.2 Å². The van der Waals surface area contributed by atoms with Crippen LogP contribution in [0.1, 0.15) is 144 Å². The van der Waals surface area contributed by atoms with Gasteiger partial charge in [-0.25, -0.2) is 42.3 Å². The third-order valence-corrected chi connectivity index (χ3v) is 21.2. The monoisotopic (exact) mass is 1240 g/mol. The maximum atomic E-state index is 11.7. The van der Waals surface area contributed by atoms with Gasteiger partial charge < -0.3 is 29.4 Å². The Hall–Kier alpha value is -2.92. The summed E-state index contributed by atoms with van der Waals surface area (Å²) >= 11 is 0. The lowest BCUT2D eigenvalue weighted by molar-refractivity contribution is -0.143. The van der Waals surface area contributed by atoms with E-state index in [2.05, 4.69) is 9.88 Å². The number of aliphatic hydroxyl groups is 1. The summed E-state index contributed by atoms with van der Waals surface area (Å²) in [5.41, 5.74) is 0.0385. The first-order chi connectivity index (χ1) is 36.3. The molecule has 0 atom stereocenters. The summed E-state index contributed by atoms with van der Waals surface area (Å²) in [7, 11) is -0.773. The molecule has 1 N–H and O–H groups in total. The highest BCUT2D eigenvalue weighted by atomic mass is 32.2. The van der Waals surface area contributed by atoms with Gasteiger partial charge in [0.25, 0.3) is 0 Å². The summed E-state index contributed by atoms with van der Waals surface area (Å²) in [6.07, 6.45) is 1.66. The number of morpholine rings is 1. The van der Waals surface area contributed by atoms with Crippen LogP contribution in [0.25, 0.3) is 0 Å². The van der Waals surface area contributed by atoms with Gasteiger partial charge in [0.05, 0.1) is 52.6 Å². The van der Waals surface area contributed by atoms with E-state index in [1.165, 1.54) is 34.1 Å². The number of hydrogen-bond donors (Lipinski definition) is 1. The zero-order chi connectivity index (χ0) is 65.1. The highest BCUT2D eigenvalue weighted by Gasteiger charge is 2.33. The predicted molar refractivity (Wildman–Crippen MR) is 331 cm³/mol. The summed E-state index contributed by atoms with van der Waals surface area (Å²) < 4.78 is 102. The molecule has 0 saturated carbocycles. The van der Waals surface area contributed by atoms with Crippen LogP contribution in [-0.2, 0) is 65.8 Å². The first kappa shape index (κ1) is 84.5. The summed E-state index contributed by atoms with van der Waals surface area (Å²) in [4.78, 5) is 45.9. The molecule has 26 heteroatoms. The van der Waals surface area contributed by atoms with Gasteiger partial charge in [0, 0.05) is 124 Å². The van der Waals surface area contributed by atoms with Crippen LogP contribution in [-0.4, -0.2) is 247 Å². The number of sulfonamides is 4. The average molecular weight is 1240 g/mol. The molecule has 0 aromatic carbocycles. The van der Waals surface area contributed by atoms with Crippen LogP contribution in [0.15, 0.2) is 24.4 Å². The normalized spacial score (nSPS) is 15.1. The number of aliphatic hydroxyl groups excluding tert-OH is 1. The SMILES string of the molecule is CC(C)(C)C(=O)N1CCOCC1.CC(C)S(=O)(=O)N(C)C.CC(C)S(=O)(=O)N(C)Cc1ccccn1.CC(C)S(=O)(=O)N1CCN(C)CC1.CCN(CC)C(=O)C(C)(C)C.CN(C)C(=O)C(C)(C)C.CN(CCO)S(=O)(=O)C(C)(C)C. The van der Waals surface area contributed by atoms with E-state index in [0.717, 1.165) is 45.0 Å². The molecule has 2 fully saturated rings. The molecule has 3 rings (SSSR count). The standard InChI is InChI=1S/C10H16N2O2S.C9H17NO2.C9H19NO.C8H18N2O2S.C7H17NO3S.C7H15NO.C5H13NO2S/c1-9(2)15(13,14)12(3)8-10-6-4-5-7-11-10;1-9(2,3)8(11)10-4-6-12-7-5-10;1-6-10(7-2)8(11)9(3,4)5;1-8(2)13(11,12)10-6-4-9(3)5-7-10;1-7(2,3)12(10,11)8(4)5-6-9;1-7(2,3)6(9)8(4)5;1-5(2)9(7,8)6(3)4/h4-7,9H,8H2,1-3H3;4-7H2,1-3H3;6-7H2,1-5H3;8H,4-7H2,1-3H3;9H,5-6H2,1-4H3;1-5H3;5H,1-4H3. The number of nitrogens with zero attached hydrogens (tertiary/aromatic N) is 9. The van der Waals surface area contributed by atoms with Crippen LogP contribution < -0.4 is 0 Å². The van der Waals surface area contributed by atoms with E-state index in [0.29, 0.717) is 32.8 Å². The first-order valence-electron chi connectivity index (χ1n) is 27.7. The minimum atomic E-state index is -3.27. The second-order valence-corrected chi connectivity index (χ2v) is 35.4. The van der Waals surface area contributed by atoms with Gasteiger partial charge in [0.1, 0.15) is 0 Å². The van der Waals surface area contributed by atoms with Gasteiger partial charge in [0.2, 0.25) is 57.8 Å². The average Bonchev–Trinajstić information content (AvgIpc) is 3.34. The predicted octanol–water partition coefficient (Wildman–Crippen LogP) is 5.46. The third-order valence-electron chi connectivity index (χ3n) is 11.9. The second kappa shape index (κ2) is 37.5. The molecule has 81 heavy (non-hydrogen) atoms. The van der Waals surface area contributed by atoms with Crippen LogP contribution in [0.5, 0.6) is 0 Å². The summed E-state index contributed by atoms with van der Waals surface area (Å²) in [6, 6.07) is 5.46. The van der Waals surface area contributed by atoms with Crippen molar-refractivity contribution in [1.29, 1.82) is 0 Å². The van der Waals surface area contributed by atoms with E-state index in [-0.39, 0.29) is 57.6 Å². The van der Waals surface area contributed by atoms with E-state index >= 15 is 0 Å². The van der Waals surface area contributed by atoms with Crippen LogP contribution in [0, 0.1) is 16.2 Å². The number of likely N-dealkylation sites (N-methyl/N-ethyl adjacent to an activating group) is 2. The molecule has 2 aliphatic heterocycles. The molecule has 22 nitrogen and oxygen atoms in total. The molecule has 0 bridgehead atoms. The van der Waals surface area contributed by atoms with Crippen molar-refractivity contribution in [2.45, 2.75) is 166 Å². The Morgan fingerprint density at radius 3 is 1.31 bits per heavy atom. The number of hydrogen-bond acceptors (Lipinski definition) is 15. The highest BCUT2D eigenvalue weighted by molar-refractivity contribution is 7.90. The molecule has 2 aliphatic rings. The van der Waals surface area contributed by atoms with Crippen molar-refractivity contribution < 1.29 is 57.9 Å². The van der Waals surface area contributed by atoms with E-state index in [9.17, 15) is 48.1 Å². The molecule has 482 valence electrons. The van der Waals surface area contributed by atoms with Gasteiger partial charge in [-0.1, -0.05) is 68.4 Å².